The second-order valence-corrected chi connectivity index (χ2v) is 3.07. The number of rotatable bonds is 1. The number of nitrogens with zero attached hydrogens (tertiary/aromatic N) is 2. The summed E-state index contributed by atoms with van der Waals surface area (Å²) in [6.07, 6.45) is 2.67. The van der Waals surface area contributed by atoms with Crippen LogP contribution in [0.25, 0.3) is 0 Å². The van der Waals surface area contributed by atoms with Crippen LogP contribution in [0.2, 0.25) is 0 Å². The van der Waals surface area contributed by atoms with Crippen molar-refractivity contribution in [2.75, 3.05) is 24.5 Å². The predicted octanol–water partition coefficient (Wildman–Crippen LogP) is -0.264. The van der Waals surface area contributed by atoms with E-state index in [0.29, 0.717) is 6.54 Å². The monoisotopic (exact) mass is 180 g/mol. The minimum atomic E-state index is 0.0760. The summed E-state index contributed by atoms with van der Waals surface area (Å²) >= 11 is 0. The highest BCUT2D eigenvalue weighted by Gasteiger charge is 2.15. The van der Waals surface area contributed by atoms with E-state index in [1.165, 1.54) is 0 Å². The van der Waals surface area contributed by atoms with Crippen molar-refractivity contribution in [1.29, 1.82) is 0 Å². The first-order chi connectivity index (χ1) is 6.36. The number of amides is 1. The highest BCUT2D eigenvalue weighted by atomic mass is 16.2. The molecule has 1 aromatic rings. The van der Waals surface area contributed by atoms with Crippen LogP contribution in [0.5, 0.6) is 0 Å². The first-order valence-electron chi connectivity index (χ1n) is 4.37. The largest absolute Gasteiger partial charge is 0.354 e. The van der Waals surface area contributed by atoms with Gasteiger partial charge >= 0.3 is 0 Å². The lowest BCUT2D eigenvalue weighted by molar-refractivity contribution is -0.119. The Bertz CT molecular complexity index is 282. The lowest BCUT2D eigenvalue weighted by Crippen LogP contribution is -2.33. The summed E-state index contributed by atoms with van der Waals surface area (Å²) in [5, 5.41) is 9.53. The first-order valence-corrected chi connectivity index (χ1v) is 4.37. The number of hydrogen-bond donors (Lipinski definition) is 2. The van der Waals surface area contributed by atoms with Gasteiger partial charge in [0, 0.05) is 19.2 Å². The van der Waals surface area contributed by atoms with Crippen molar-refractivity contribution < 1.29 is 4.79 Å². The van der Waals surface area contributed by atoms with Crippen molar-refractivity contribution in [3.63, 3.8) is 0 Å². The molecule has 1 fully saturated rings. The van der Waals surface area contributed by atoms with Crippen LogP contribution in [-0.2, 0) is 4.79 Å². The molecule has 5 heteroatoms. The zero-order valence-electron chi connectivity index (χ0n) is 7.29. The van der Waals surface area contributed by atoms with Crippen molar-refractivity contribution in [3.8, 4) is 0 Å². The maximum atomic E-state index is 11.2. The molecule has 0 radical (unpaired) electrons. The second kappa shape index (κ2) is 3.47. The molecule has 0 aromatic carbocycles. The van der Waals surface area contributed by atoms with E-state index >= 15 is 0 Å². The minimum absolute atomic E-state index is 0.0760. The van der Waals surface area contributed by atoms with Gasteiger partial charge in [0.05, 0.1) is 12.7 Å². The molecule has 1 saturated heterocycles. The third-order valence-electron chi connectivity index (χ3n) is 2.09. The van der Waals surface area contributed by atoms with Crippen LogP contribution in [0.1, 0.15) is 6.42 Å². The van der Waals surface area contributed by atoms with Crippen LogP contribution < -0.4 is 10.2 Å². The Morgan fingerprint density at radius 3 is 3.23 bits per heavy atom. The molecule has 0 aliphatic carbocycles. The highest BCUT2D eigenvalue weighted by molar-refractivity contribution is 5.81. The first kappa shape index (κ1) is 8.10. The fraction of sp³-hybridized carbons (Fsp3) is 0.500. The van der Waals surface area contributed by atoms with E-state index < -0.39 is 0 Å². The molecular weight excluding hydrogens is 168 g/mol. The Morgan fingerprint density at radius 2 is 2.46 bits per heavy atom. The zero-order chi connectivity index (χ0) is 9.10. The maximum Gasteiger partial charge on any atom is 0.239 e. The van der Waals surface area contributed by atoms with Crippen molar-refractivity contribution >= 4 is 11.7 Å². The number of carbonyl (C=O) groups excluding carboxylic acids is 1. The number of nitrogens with one attached hydrogen (secondary N) is 2. The molecule has 0 bridgehead atoms. The molecule has 0 spiro atoms. The Morgan fingerprint density at radius 1 is 1.54 bits per heavy atom. The van der Waals surface area contributed by atoms with E-state index in [-0.39, 0.29) is 5.91 Å². The molecule has 0 unspecified atom stereocenters. The van der Waals surface area contributed by atoms with E-state index in [1.54, 1.807) is 6.20 Å². The van der Waals surface area contributed by atoms with Gasteiger partial charge < -0.3 is 10.2 Å². The Hall–Kier alpha value is -1.52. The second-order valence-electron chi connectivity index (χ2n) is 3.07. The summed E-state index contributed by atoms with van der Waals surface area (Å²) in [7, 11) is 0. The molecule has 0 saturated carbocycles. The van der Waals surface area contributed by atoms with E-state index in [0.717, 1.165) is 25.3 Å². The molecule has 5 nitrogen and oxygen atoms in total. The number of hydrogen-bond acceptors (Lipinski definition) is 3. The summed E-state index contributed by atoms with van der Waals surface area (Å²) in [5.41, 5.74) is 0. The smallest absolute Gasteiger partial charge is 0.239 e. The Balaban J connectivity index is 2.09. The van der Waals surface area contributed by atoms with Gasteiger partial charge in [-0.1, -0.05) is 0 Å². The van der Waals surface area contributed by atoms with Crippen LogP contribution in [0.4, 0.5) is 5.82 Å². The standard InChI is InChI=1S/C8H12N4O/c13-8-6-12(5-1-3-9-8)7-2-4-10-11-7/h2,4H,1,3,5-6H2,(H,9,13)(H,10,11). The van der Waals surface area contributed by atoms with Gasteiger partial charge in [-0.2, -0.15) is 5.10 Å². The molecule has 2 N–H and O–H groups in total. The maximum absolute atomic E-state index is 11.2. The van der Waals surface area contributed by atoms with Gasteiger partial charge in [-0.25, -0.2) is 0 Å². The van der Waals surface area contributed by atoms with Crippen LogP contribution >= 0.6 is 0 Å². The van der Waals surface area contributed by atoms with Gasteiger partial charge in [-0.3, -0.25) is 9.89 Å². The Labute approximate surface area is 76.1 Å². The summed E-state index contributed by atoms with van der Waals surface area (Å²) in [4.78, 5) is 13.2. The molecule has 0 atom stereocenters. The van der Waals surface area contributed by atoms with E-state index in [1.807, 2.05) is 11.0 Å². The third-order valence-corrected chi connectivity index (χ3v) is 2.09. The lowest BCUT2D eigenvalue weighted by Gasteiger charge is -2.17. The van der Waals surface area contributed by atoms with Crippen molar-refractivity contribution in [1.82, 2.24) is 15.5 Å². The quantitative estimate of drug-likeness (QED) is 0.625. The van der Waals surface area contributed by atoms with Crippen LogP contribution in [0.15, 0.2) is 12.3 Å². The molecule has 2 heterocycles. The van der Waals surface area contributed by atoms with Gasteiger partial charge in [0.25, 0.3) is 0 Å². The molecule has 13 heavy (non-hydrogen) atoms. The SMILES string of the molecule is O=C1CN(c2ccn[nH]2)CCCN1. The normalized spacial score (nSPS) is 18.2. The fourth-order valence-corrected chi connectivity index (χ4v) is 1.44. The average Bonchev–Trinajstić information content (AvgIpc) is 2.56. The molecule has 1 aliphatic rings. The summed E-state index contributed by atoms with van der Waals surface area (Å²) in [6, 6.07) is 1.87. The molecule has 2 rings (SSSR count). The van der Waals surface area contributed by atoms with E-state index in [2.05, 4.69) is 15.5 Å². The minimum Gasteiger partial charge on any atom is -0.354 e. The van der Waals surface area contributed by atoms with Crippen molar-refractivity contribution in [2.24, 2.45) is 0 Å². The van der Waals surface area contributed by atoms with Gasteiger partial charge in [-0.05, 0) is 6.42 Å². The van der Waals surface area contributed by atoms with Crippen molar-refractivity contribution in [2.45, 2.75) is 6.42 Å². The highest BCUT2D eigenvalue weighted by Crippen LogP contribution is 2.09. The predicted molar refractivity (Wildman–Crippen MR) is 48.4 cm³/mol. The number of aromatic amines is 1. The van der Waals surface area contributed by atoms with Crippen LogP contribution in [-0.4, -0.2) is 35.7 Å². The topological polar surface area (TPSA) is 61.0 Å². The van der Waals surface area contributed by atoms with Crippen LogP contribution in [0.3, 0.4) is 0 Å². The van der Waals surface area contributed by atoms with Crippen LogP contribution in [0, 0.1) is 0 Å². The van der Waals surface area contributed by atoms with Gasteiger partial charge in [0.15, 0.2) is 0 Å². The average molecular weight is 180 g/mol. The molecule has 70 valence electrons. The molecule has 1 amide bonds. The zero-order valence-corrected chi connectivity index (χ0v) is 7.29. The number of carbonyl (C=O) groups is 1. The number of anilines is 1. The van der Waals surface area contributed by atoms with Gasteiger partial charge in [0.2, 0.25) is 5.91 Å². The van der Waals surface area contributed by atoms with Gasteiger partial charge in [-0.15, -0.1) is 0 Å². The van der Waals surface area contributed by atoms with Gasteiger partial charge in [0.1, 0.15) is 5.82 Å². The lowest BCUT2D eigenvalue weighted by atomic mass is 10.4. The Kier molecular flexibility index (Phi) is 2.16. The van der Waals surface area contributed by atoms with Crippen molar-refractivity contribution in [3.05, 3.63) is 12.3 Å². The fourth-order valence-electron chi connectivity index (χ4n) is 1.44. The van der Waals surface area contributed by atoms with E-state index in [4.69, 9.17) is 0 Å². The summed E-state index contributed by atoms with van der Waals surface area (Å²) in [6.45, 7) is 2.08. The molecule has 1 aromatic heterocycles. The summed E-state index contributed by atoms with van der Waals surface area (Å²) in [5.74, 6) is 0.990. The van der Waals surface area contributed by atoms with E-state index in [9.17, 15) is 4.79 Å². The molecular formula is C8H12N4O. The third kappa shape index (κ3) is 1.80. The summed E-state index contributed by atoms with van der Waals surface area (Å²) < 4.78 is 0. The molecule has 1 aliphatic heterocycles. The number of aromatic nitrogens is 2. The number of H-pyrrole nitrogens is 1.